The second-order valence-electron chi connectivity index (χ2n) is 5.07. The standard InChI is InChI=1S/C17H27NO3/c1-4-9-18(13-16(19)14-21-10-5-2)12-15-7-6-8-17(11-15)20-3/h5-8,11,16,19H,2,4,9-10,12-14H2,1,3H3/t16-/m0/s1. The highest BCUT2D eigenvalue weighted by atomic mass is 16.5. The zero-order valence-corrected chi connectivity index (χ0v) is 13.1. The number of rotatable bonds is 11. The summed E-state index contributed by atoms with van der Waals surface area (Å²) < 4.78 is 10.5. The first kappa shape index (κ1) is 17.7. The van der Waals surface area contributed by atoms with Crippen LogP contribution in [0.5, 0.6) is 5.75 Å². The van der Waals surface area contributed by atoms with Gasteiger partial charge in [-0.2, -0.15) is 0 Å². The lowest BCUT2D eigenvalue weighted by Crippen LogP contribution is -2.35. The Hall–Kier alpha value is -1.36. The molecule has 0 aliphatic rings. The van der Waals surface area contributed by atoms with Gasteiger partial charge >= 0.3 is 0 Å². The van der Waals surface area contributed by atoms with E-state index in [9.17, 15) is 5.11 Å². The second kappa shape index (κ2) is 10.4. The van der Waals surface area contributed by atoms with Crippen molar-refractivity contribution in [2.75, 3.05) is 33.4 Å². The Balaban J connectivity index is 2.53. The van der Waals surface area contributed by atoms with Gasteiger partial charge in [0, 0.05) is 13.1 Å². The molecule has 1 N–H and O–H groups in total. The van der Waals surface area contributed by atoms with Crippen LogP contribution in [0.4, 0.5) is 0 Å². The van der Waals surface area contributed by atoms with Gasteiger partial charge in [-0.3, -0.25) is 4.90 Å². The van der Waals surface area contributed by atoms with Crippen LogP contribution in [0.1, 0.15) is 18.9 Å². The van der Waals surface area contributed by atoms with Crippen molar-refractivity contribution >= 4 is 0 Å². The van der Waals surface area contributed by atoms with E-state index < -0.39 is 6.10 Å². The highest BCUT2D eigenvalue weighted by molar-refractivity contribution is 5.28. The minimum absolute atomic E-state index is 0.338. The number of hydrogen-bond acceptors (Lipinski definition) is 4. The van der Waals surface area contributed by atoms with Crippen molar-refractivity contribution in [1.82, 2.24) is 4.90 Å². The van der Waals surface area contributed by atoms with Crippen LogP contribution in [-0.4, -0.2) is 49.5 Å². The summed E-state index contributed by atoms with van der Waals surface area (Å²) in [5, 5.41) is 10.0. The minimum atomic E-state index is -0.484. The van der Waals surface area contributed by atoms with E-state index in [1.165, 1.54) is 5.56 Å². The minimum Gasteiger partial charge on any atom is -0.497 e. The van der Waals surface area contributed by atoms with E-state index in [0.29, 0.717) is 19.8 Å². The first-order chi connectivity index (χ1) is 10.2. The van der Waals surface area contributed by atoms with Gasteiger partial charge < -0.3 is 14.6 Å². The van der Waals surface area contributed by atoms with Crippen LogP contribution in [-0.2, 0) is 11.3 Å². The van der Waals surface area contributed by atoms with Gasteiger partial charge in [-0.25, -0.2) is 0 Å². The van der Waals surface area contributed by atoms with Gasteiger partial charge in [-0.05, 0) is 30.7 Å². The predicted octanol–water partition coefficient (Wildman–Crippen LogP) is 2.47. The molecule has 1 aromatic carbocycles. The van der Waals surface area contributed by atoms with E-state index in [2.05, 4.69) is 24.5 Å². The molecule has 0 bridgehead atoms. The molecule has 118 valence electrons. The molecule has 1 atom stereocenters. The third-order valence-electron chi connectivity index (χ3n) is 3.10. The fourth-order valence-corrected chi connectivity index (χ4v) is 2.22. The van der Waals surface area contributed by atoms with Crippen LogP contribution in [0, 0.1) is 0 Å². The monoisotopic (exact) mass is 293 g/mol. The van der Waals surface area contributed by atoms with Gasteiger partial charge in [0.2, 0.25) is 0 Å². The molecule has 21 heavy (non-hydrogen) atoms. The van der Waals surface area contributed by atoms with Crippen molar-refractivity contribution in [3.05, 3.63) is 42.5 Å². The number of nitrogens with zero attached hydrogens (tertiary/aromatic N) is 1. The van der Waals surface area contributed by atoms with Crippen LogP contribution in [0.3, 0.4) is 0 Å². The van der Waals surface area contributed by atoms with Gasteiger partial charge in [0.1, 0.15) is 5.75 Å². The molecule has 1 aromatic rings. The fraction of sp³-hybridized carbons (Fsp3) is 0.529. The van der Waals surface area contributed by atoms with Crippen LogP contribution < -0.4 is 4.74 Å². The SMILES string of the molecule is C=CCOC[C@@H](O)CN(CCC)Cc1cccc(OC)c1. The lowest BCUT2D eigenvalue weighted by molar-refractivity contribution is 0.0246. The zero-order chi connectivity index (χ0) is 15.5. The molecule has 0 aliphatic carbocycles. The molecule has 0 spiro atoms. The topological polar surface area (TPSA) is 41.9 Å². The molecular formula is C17H27NO3. The number of benzene rings is 1. The molecule has 0 aromatic heterocycles. The Morgan fingerprint density at radius 3 is 2.90 bits per heavy atom. The summed E-state index contributed by atoms with van der Waals surface area (Å²) in [7, 11) is 1.67. The summed E-state index contributed by atoms with van der Waals surface area (Å²) in [4.78, 5) is 2.23. The lowest BCUT2D eigenvalue weighted by atomic mass is 10.2. The molecule has 0 fully saturated rings. The van der Waals surface area contributed by atoms with E-state index in [1.54, 1.807) is 13.2 Å². The van der Waals surface area contributed by atoms with Gasteiger partial charge in [0.05, 0.1) is 26.4 Å². The molecule has 4 heteroatoms. The second-order valence-corrected chi connectivity index (χ2v) is 5.07. The Bertz CT molecular complexity index is 409. The van der Waals surface area contributed by atoms with Crippen LogP contribution in [0.15, 0.2) is 36.9 Å². The number of methoxy groups -OCH3 is 1. The van der Waals surface area contributed by atoms with E-state index in [-0.39, 0.29) is 0 Å². The number of ether oxygens (including phenoxy) is 2. The average Bonchev–Trinajstić information content (AvgIpc) is 2.48. The Morgan fingerprint density at radius 1 is 1.43 bits per heavy atom. The average molecular weight is 293 g/mol. The van der Waals surface area contributed by atoms with E-state index >= 15 is 0 Å². The third kappa shape index (κ3) is 7.27. The molecule has 0 aliphatic heterocycles. The Morgan fingerprint density at radius 2 is 2.24 bits per heavy atom. The van der Waals surface area contributed by atoms with Crippen LogP contribution >= 0.6 is 0 Å². The summed E-state index contributed by atoms with van der Waals surface area (Å²) in [5.41, 5.74) is 1.18. The summed E-state index contributed by atoms with van der Waals surface area (Å²) >= 11 is 0. The predicted molar refractivity (Wildman–Crippen MR) is 85.6 cm³/mol. The first-order valence-corrected chi connectivity index (χ1v) is 7.41. The van der Waals surface area contributed by atoms with E-state index in [0.717, 1.165) is 25.3 Å². The lowest BCUT2D eigenvalue weighted by Gasteiger charge is -2.24. The molecule has 0 heterocycles. The number of aliphatic hydroxyl groups excluding tert-OH is 1. The Labute approximate surface area is 128 Å². The number of hydrogen-bond donors (Lipinski definition) is 1. The smallest absolute Gasteiger partial charge is 0.119 e. The Kier molecular flexibility index (Phi) is 8.74. The summed E-state index contributed by atoms with van der Waals surface area (Å²) in [5.74, 6) is 0.860. The quantitative estimate of drug-likeness (QED) is 0.503. The van der Waals surface area contributed by atoms with Crippen molar-refractivity contribution in [2.45, 2.75) is 26.0 Å². The van der Waals surface area contributed by atoms with Crippen LogP contribution in [0.25, 0.3) is 0 Å². The van der Waals surface area contributed by atoms with E-state index in [1.807, 2.05) is 18.2 Å². The largest absolute Gasteiger partial charge is 0.497 e. The van der Waals surface area contributed by atoms with Crippen molar-refractivity contribution in [3.63, 3.8) is 0 Å². The normalized spacial score (nSPS) is 12.4. The molecule has 1 rings (SSSR count). The van der Waals surface area contributed by atoms with Gasteiger partial charge in [-0.15, -0.1) is 6.58 Å². The maximum Gasteiger partial charge on any atom is 0.119 e. The van der Waals surface area contributed by atoms with Crippen molar-refractivity contribution in [2.24, 2.45) is 0 Å². The molecule has 0 radical (unpaired) electrons. The third-order valence-corrected chi connectivity index (χ3v) is 3.10. The number of aliphatic hydroxyl groups is 1. The van der Waals surface area contributed by atoms with Crippen molar-refractivity contribution in [1.29, 1.82) is 0 Å². The summed E-state index contributed by atoms with van der Waals surface area (Å²) in [6.45, 7) is 8.87. The highest BCUT2D eigenvalue weighted by Gasteiger charge is 2.12. The summed E-state index contributed by atoms with van der Waals surface area (Å²) in [6, 6.07) is 8.03. The zero-order valence-electron chi connectivity index (χ0n) is 13.1. The maximum atomic E-state index is 10.0. The van der Waals surface area contributed by atoms with Crippen molar-refractivity contribution < 1.29 is 14.6 Å². The molecular weight excluding hydrogens is 266 g/mol. The van der Waals surface area contributed by atoms with Crippen LogP contribution in [0.2, 0.25) is 0 Å². The highest BCUT2D eigenvalue weighted by Crippen LogP contribution is 2.14. The molecule has 0 unspecified atom stereocenters. The van der Waals surface area contributed by atoms with Gasteiger partial charge in [0.15, 0.2) is 0 Å². The maximum absolute atomic E-state index is 10.0. The molecule has 0 saturated carbocycles. The molecule has 4 nitrogen and oxygen atoms in total. The fourth-order valence-electron chi connectivity index (χ4n) is 2.22. The summed E-state index contributed by atoms with van der Waals surface area (Å²) in [6.07, 6.45) is 2.25. The molecule has 0 saturated heterocycles. The first-order valence-electron chi connectivity index (χ1n) is 7.41. The van der Waals surface area contributed by atoms with E-state index in [4.69, 9.17) is 9.47 Å². The van der Waals surface area contributed by atoms with Crippen molar-refractivity contribution in [3.8, 4) is 5.75 Å². The molecule has 0 amide bonds. The van der Waals surface area contributed by atoms with Gasteiger partial charge in [-0.1, -0.05) is 25.1 Å². The van der Waals surface area contributed by atoms with Gasteiger partial charge in [0.25, 0.3) is 0 Å².